The van der Waals surface area contributed by atoms with E-state index in [4.69, 9.17) is 4.74 Å². The molecule has 5 heteroatoms. The highest BCUT2D eigenvalue weighted by Gasteiger charge is 1.97. The molecule has 0 atom stereocenters. The predicted molar refractivity (Wildman–Crippen MR) is 101 cm³/mol. The van der Waals surface area contributed by atoms with Gasteiger partial charge in [0.25, 0.3) is 0 Å². The summed E-state index contributed by atoms with van der Waals surface area (Å²) in [6, 6.07) is 8.14. The lowest BCUT2D eigenvalue weighted by atomic mass is 10.1. The van der Waals surface area contributed by atoms with Crippen LogP contribution in [0.2, 0.25) is 0 Å². The van der Waals surface area contributed by atoms with Gasteiger partial charge in [-0.05, 0) is 37.5 Å². The maximum atomic E-state index is 5.14. The van der Waals surface area contributed by atoms with E-state index in [2.05, 4.69) is 39.9 Å². The molecule has 0 aliphatic rings. The quantitative estimate of drug-likeness (QED) is 0.242. The van der Waals surface area contributed by atoms with Crippen LogP contribution < -0.4 is 15.4 Å². The molecule has 0 radical (unpaired) electrons. The third-order valence-corrected chi connectivity index (χ3v) is 2.93. The minimum absolute atomic E-state index is 0. The van der Waals surface area contributed by atoms with Crippen LogP contribution in [-0.2, 0) is 6.42 Å². The number of aliphatic imine (C=N–C) groups is 1. The van der Waals surface area contributed by atoms with Crippen molar-refractivity contribution < 1.29 is 4.74 Å². The van der Waals surface area contributed by atoms with Crippen LogP contribution >= 0.6 is 24.0 Å². The van der Waals surface area contributed by atoms with Crippen molar-refractivity contribution in [3.63, 3.8) is 0 Å². The SMILES string of the molecule is CC=CCCNC(=NC)NCCc1ccc(OC)cc1.I. The molecule has 0 amide bonds. The van der Waals surface area contributed by atoms with Gasteiger partial charge in [-0.25, -0.2) is 0 Å². The zero-order valence-electron chi connectivity index (χ0n) is 13.1. The van der Waals surface area contributed by atoms with Gasteiger partial charge >= 0.3 is 0 Å². The summed E-state index contributed by atoms with van der Waals surface area (Å²) in [6.45, 7) is 3.78. The molecule has 0 saturated heterocycles. The number of nitrogens with zero attached hydrogens (tertiary/aromatic N) is 1. The average molecular weight is 403 g/mol. The van der Waals surface area contributed by atoms with Crippen molar-refractivity contribution in [2.24, 2.45) is 4.99 Å². The van der Waals surface area contributed by atoms with Crippen LogP contribution in [0.25, 0.3) is 0 Å². The Balaban J connectivity index is 0.00000400. The summed E-state index contributed by atoms with van der Waals surface area (Å²) in [7, 11) is 3.47. The van der Waals surface area contributed by atoms with Crippen molar-refractivity contribution in [1.82, 2.24) is 10.6 Å². The zero-order chi connectivity index (χ0) is 14.6. The van der Waals surface area contributed by atoms with Crippen LogP contribution in [0.4, 0.5) is 0 Å². The highest BCUT2D eigenvalue weighted by atomic mass is 127. The summed E-state index contributed by atoms with van der Waals surface area (Å²) in [6.07, 6.45) is 6.16. The molecule has 118 valence electrons. The molecule has 0 fully saturated rings. The lowest BCUT2D eigenvalue weighted by molar-refractivity contribution is 0.414. The van der Waals surface area contributed by atoms with Gasteiger partial charge in [0.15, 0.2) is 5.96 Å². The van der Waals surface area contributed by atoms with Gasteiger partial charge in [0, 0.05) is 20.1 Å². The number of guanidine groups is 1. The van der Waals surface area contributed by atoms with Crippen molar-refractivity contribution in [3.8, 4) is 5.75 Å². The Morgan fingerprint density at radius 3 is 2.43 bits per heavy atom. The first-order chi connectivity index (χ1) is 9.80. The van der Waals surface area contributed by atoms with Gasteiger partial charge in [-0.3, -0.25) is 4.99 Å². The largest absolute Gasteiger partial charge is 0.497 e. The van der Waals surface area contributed by atoms with Crippen molar-refractivity contribution in [2.45, 2.75) is 19.8 Å². The van der Waals surface area contributed by atoms with E-state index in [0.717, 1.165) is 37.6 Å². The number of hydrogen-bond acceptors (Lipinski definition) is 2. The summed E-state index contributed by atoms with van der Waals surface area (Å²) in [5.41, 5.74) is 1.28. The second-order valence-corrected chi connectivity index (χ2v) is 4.38. The molecular weight excluding hydrogens is 377 g/mol. The molecule has 1 aromatic rings. The first kappa shape index (κ1) is 19.8. The van der Waals surface area contributed by atoms with Crippen LogP contribution in [0.15, 0.2) is 41.4 Å². The monoisotopic (exact) mass is 403 g/mol. The van der Waals surface area contributed by atoms with Crippen LogP contribution in [0.3, 0.4) is 0 Å². The van der Waals surface area contributed by atoms with E-state index in [1.165, 1.54) is 5.56 Å². The number of rotatable bonds is 7. The van der Waals surface area contributed by atoms with Crippen LogP contribution in [0.1, 0.15) is 18.9 Å². The fourth-order valence-electron chi connectivity index (χ4n) is 1.78. The number of benzene rings is 1. The summed E-state index contributed by atoms with van der Waals surface area (Å²) in [5.74, 6) is 1.74. The van der Waals surface area contributed by atoms with Gasteiger partial charge in [0.2, 0.25) is 0 Å². The van der Waals surface area contributed by atoms with Gasteiger partial charge in [0.1, 0.15) is 5.75 Å². The Hall–Kier alpha value is -1.24. The second kappa shape index (κ2) is 12.5. The Kier molecular flexibility index (Phi) is 11.8. The van der Waals surface area contributed by atoms with Crippen molar-refractivity contribution in [1.29, 1.82) is 0 Å². The van der Waals surface area contributed by atoms with Gasteiger partial charge in [-0.1, -0.05) is 24.3 Å². The minimum atomic E-state index is 0. The van der Waals surface area contributed by atoms with E-state index in [-0.39, 0.29) is 24.0 Å². The predicted octanol–water partition coefficient (Wildman–Crippen LogP) is 2.99. The van der Waals surface area contributed by atoms with E-state index >= 15 is 0 Å². The molecule has 2 N–H and O–H groups in total. The molecule has 1 aromatic carbocycles. The van der Waals surface area contributed by atoms with E-state index in [1.807, 2.05) is 19.1 Å². The summed E-state index contributed by atoms with van der Waals surface area (Å²) >= 11 is 0. The number of nitrogens with one attached hydrogen (secondary N) is 2. The van der Waals surface area contributed by atoms with E-state index < -0.39 is 0 Å². The standard InChI is InChI=1S/C16H25N3O.HI/c1-4-5-6-12-18-16(17-2)19-13-11-14-7-9-15(20-3)10-8-14;/h4-5,7-10H,6,11-13H2,1-3H3,(H2,17,18,19);1H. The van der Waals surface area contributed by atoms with Gasteiger partial charge in [-0.15, -0.1) is 24.0 Å². The number of halogens is 1. The lowest BCUT2D eigenvalue weighted by Crippen LogP contribution is -2.38. The molecule has 1 rings (SSSR count). The second-order valence-electron chi connectivity index (χ2n) is 4.38. The molecular formula is C16H26IN3O. The van der Waals surface area contributed by atoms with E-state index in [1.54, 1.807) is 14.2 Å². The Morgan fingerprint density at radius 1 is 1.19 bits per heavy atom. The third kappa shape index (κ3) is 8.60. The van der Waals surface area contributed by atoms with Gasteiger partial charge < -0.3 is 15.4 Å². The smallest absolute Gasteiger partial charge is 0.190 e. The normalized spacial score (nSPS) is 11.1. The first-order valence-corrected chi connectivity index (χ1v) is 6.98. The molecule has 0 aliphatic carbocycles. The molecule has 0 aliphatic heterocycles. The fourth-order valence-corrected chi connectivity index (χ4v) is 1.78. The Labute approximate surface area is 145 Å². The van der Waals surface area contributed by atoms with Crippen molar-refractivity contribution in [3.05, 3.63) is 42.0 Å². The summed E-state index contributed by atoms with van der Waals surface area (Å²) in [4.78, 5) is 4.19. The lowest BCUT2D eigenvalue weighted by Gasteiger charge is -2.11. The number of hydrogen-bond donors (Lipinski definition) is 2. The molecule has 0 spiro atoms. The highest BCUT2D eigenvalue weighted by molar-refractivity contribution is 14.0. The fraction of sp³-hybridized carbons (Fsp3) is 0.438. The van der Waals surface area contributed by atoms with E-state index in [9.17, 15) is 0 Å². The van der Waals surface area contributed by atoms with Crippen LogP contribution in [-0.4, -0.2) is 33.2 Å². The average Bonchev–Trinajstić information content (AvgIpc) is 2.50. The first-order valence-electron chi connectivity index (χ1n) is 6.98. The van der Waals surface area contributed by atoms with Gasteiger partial charge in [-0.2, -0.15) is 0 Å². The number of ether oxygens (including phenoxy) is 1. The number of methoxy groups -OCH3 is 1. The van der Waals surface area contributed by atoms with Crippen molar-refractivity contribution >= 4 is 29.9 Å². The van der Waals surface area contributed by atoms with E-state index in [0.29, 0.717) is 0 Å². The molecule has 0 heterocycles. The molecule has 21 heavy (non-hydrogen) atoms. The Morgan fingerprint density at radius 2 is 1.86 bits per heavy atom. The van der Waals surface area contributed by atoms with Crippen molar-refractivity contribution in [2.75, 3.05) is 27.2 Å². The summed E-state index contributed by atoms with van der Waals surface area (Å²) in [5, 5.41) is 6.58. The van der Waals surface area contributed by atoms with Gasteiger partial charge in [0.05, 0.1) is 7.11 Å². The van der Waals surface area contributed by atoms with Crippen LogP contribution in [0, 0.1) is 0 Å². The summed E-state index contributed by atoms with van der Waals surface area (Å²) < 4.78 is 5.14. The molecule has 0 bridgehead atoms. The molecule has 4 nitrogen and oxygen atoms in total. The Bertz CT molecular complexity index is 430. The molecule has 0 aromatic heterocycles. The third-order valence-electron chi connectivity index (χ3n) is 2.93. The topological polar surface area (TPSA) is 45.7 Å². The maximum absolute atomic E-state index is 5.14. The molecule has 0 unspecified atom stereocenters. The number of allylic oxidation sites excluding steroid dienone is 1. The maximum Gasteiger partial charge on any atom is 0.190 e. The zero-order valence-corrected chi connectivity index (χ0v) is 15.4. The molecule has 0 saturated carbocycles. The van der Waals surface area contributed by atoms with Crippen LogP contribution in [0.5, 0.6) is 5.75 Å². The highest BCUT2D eigenvalue weighted by Crippen LogP contribution is 2.11. The minimum Gasteiger partial charge on any atom is -0.497 e.